The topological polar surface area (TPSA) is 70.2 Å². The van der Waals surface area contributed by atoms with Crippen LogP contribution in [0.4, 0.5) is 15.8 Å². The van der Waals surface area contributed by atoms with Crippen molar-refractivity contribution in [2.45, 2.75) is 26.3 Å². The third kappa shape index (κ3) is 4.80. The first kappa shape index (κ1) is 19.9. The van der Waals surface area contributed by atoms with Crippen molar-refractivity contribution in [1.29, 1.82) is 0 Å². The average molecular weight is 378 g/mol. The lowest BCUT2D eigenvalue weighted by molar-refractivity contribution is -0.116. The third-order valence-electron chi connectivity index (χ3n) is 4.12. The lowest BCUT2D eigenvalue weighted by atomic mass is 9.99. The van der Waals surface area contributed by atoms with Gasteiger partial charge < -0.3 is 16.0 Å². The summed E-state index contributed by atoms with van der Waals surface area (Å²) in [5.74, 6) is -0.767. The number of hydrogen-bond acceptors (Lipinski definition) is 3. The highest BCUT2D eigenvalue weighted by atomic mass is 35.5. The summed E-state index contributed by atoms with van der Waals surface area (Å²) in [6.07, 6.45) is 0.758. The zero-order chi connectivity index (χ0) is 17.8. The summed E-state index contributed by atoms with van der Waals surface area (Å²) in [5, 5.41) is 8.52. The molecule has 2 amide bonds. The van der Waals surface area contributed by atoms with Gasteiger partial charge in [-0.3, -0.25) is 9.59 Å². The summed E-state index contributed by atoms with van der Waals surface area (Å²) in [7, 11) is 0. The third-order valence-corrected chi connectivity index (χ3v) is 4.12. The summed E-state index contributed by atoms with van der Waals surface area (Å²) >= 11 is 0. The van der Waals surface area contributed by atoms with Gasteiger partial charge in [-0.15, -0.1) is 12.4 Å². The van der Waals surface area contributed by atoms with E-state index >= 15 is 0 Å². The minimum absolute atomic E-state index is 0. The molecule has 0 atom stereocenters. The van der Waals surface area contributed by atoms with Gasteiger partial charge in [-0.1, -0.05) is 18.2 Å². The Labute approximate surface area is 157 Å². The predicted molar refractivity (Wildman–Crippen MR) is 102 cm³/mol. The maximum absolute atomic E-state index is 14.5. The van der Waals surface area contributed by atoms with E-state index in [2.05, 4.69) is 16.0 Å². The SMILES string of the molecule is CC(=O)Nc1ccc(CC(=O)Nc2ccc3c(c2F)CCNC3)cc1.Cl. The highest BCUT2D eigenvalue weighted by Crippen LogP contribution is 2.24. The minimum atomic E-state index is -0.339. The van der Waals surface area contributed by atoms with Gasteiger partial charge in [0.15, 0.2) is 0 Å². The van der Waals surface area contributed by atoms with E-state index in [4.69, 9.17) is 0 Å². The smallest absolute Gasteiger partial charge is 0.228 e. The van der Waals surface area contributed by atoms with Gasteiger partial charge in [0, 0.05) is 19.2 Å². The highest BCUT2D eigenvalue weighted by Gasteiger charge is 2.17. The van der Waals surface area contributed by atoms with Crippen LogP contribution in [-0.2, 0) is 29.0 Å². The van der Waals surface area contributed by atoms with Crippen molar-refractivity contribution in [2.24, 2.45) is 0 Å². The average Bonchev–Trinajstić information content (AvgIpc) is 2.59. The van der Waals surface area contributed by atoms with Crippen molar-refractivity contribution in [3.8, 4) is 0 Å². The molecule has 3 rings (SSSR count). The van der Waals surface area contributed by atoms with E-state index in [1.54, 1.807) is 30.3 Å². The normalized spacial score (nSPS) is 12.5. The van der Waals surface area contributed by atoms with Gasteiger partial charge in [0.05, 0.1) is 12.1 Å². The molecule has 138 valence electrons. The molecule has 7 heteroatoms. The molecule has 0 aliphatic carbocycles. The molecular formula is C19H21ClFN3O2. The second-order valence-electron chi connectivity index (χ2n) is 6.09. The molecule has 0 radical (unpaired) electrons. The maximum Gasteiger partial charge on any atom is 0.228 e. The van der Waals surface area contributed by atoms with E-state index in [0.717, 1.165) is 17.7 Å². The van der Waals surface area contributed by atoms with E-state index in [0.29, 0.717) is 24.2 Å². The second kappa shape index (κ2) is 8.78. The Kier molecular flexibility index (Phi) is 6.71. The molecule has 0 saturated carbocycles. The van der Waals surface area contributed by atoms with Crippen LogP contribution in [0.2, 0.25) is 0 Å². The highest BCUT2D eigenvalue weighted by molar-refractivity contribution is 5.93. The number of hydrogen-bond donors (Lipinski definition) is 3. The van der Waals surface area contributed by atoms with Crippen LogP contribution < -0.4 is 16.0 Å². The van der Waals surface area contributed by atoms with Gasteiger partial charge in [0.2, 0.25) is 11.8 Å². The molecule has 3 N–H and O–H groups in total. The van der Waals surface area contributed by atoms with Crippen LogP contribution in [0.15, 0.2) is 36.4 Å². The van der Waals surface area contributed by atoms with Gasteiger partial charge in [-0.2, -0.15) is 0 Å². The first-order chi connectivity index (χ1) is 12.0. The van der Waals surface area contributed by atoms with Crippen LogP contribution >= 0.6 is 12.4 Å². The minimum Gasteiger partial charge on any atom is -0.326 e. The molecule has 0 fully saturated rings. The summed E-state index contributed by atoms with van der Waals surface area (Å²) in [4.78, 5) is 23.2. The fraction of sp³-hybridized carbons (Fsp3) is 0.263. The lowest BCUT2D eigenvalue weighted by Gasteiger charge is -2.19. The van der Waals surface area contributed by atoms with Crippen molar-refractivity contribution in [1.82, 2.24) is 5.32 Å². The fourth-order valence-corrected chi connectivity index (χ4v) is 2.92. The van der Waals surface area contributed by atoms with Crippen LogP contribution in [0.25, 0.3) is 0 Å². The summed E-state index contributed by atoms with van der Waals surface area (Å²) in [6, 6.07) is 10.5. The van der Waals surface area contributed by atoms with Gasteiger partial charge in [0.1, 0.15) is 5.82 Å². The predicted octanol–water partition coefficient (Wildman–Crippen LogP) is 3.03. The number of fused-ring (bicyclic) bond motifs is 1. The number of halogens is 2. The van der Waals surface area contributed by atoms with Gasteiger partial charge in [0.25, 0.3) is 0 Å². The number of rotatable bonds is 4. The molecule has 5 nitrogen and oxygen atoms in total. The molecule has 0 aromatic heterocycles. The van der Waals surface area contributed by atoms with Gasteiger partial charge in [-0.05, 0) is 47.9 Å². The van der Waals surface area contributed by atoms with Crippen LogP contribution in [0.3, 0.4) is 0 Å². The lowest BCUT2D eigenvalue weighted by Crippen LogP contribution is -2.25. The molecule has 2 aromatic carbocycles. The van der Waals surface area contributed by atoms with Crippen molar-refractivity contribution in [2.75, 3.05) is 17.2 Å². The Bertz CT molecular complexity index is 809. The zero-order valence-corrected chi connectivity index (χ0v) is 15.2. The fourth-order valence-electron chi connectivity index (χ4n) is 2.92. The van der Waals surface area contributed by atoms with E-state index in [1.807, 2.05) is 6.07 Å². The van der Waals surface area contributed by atoms with Crippen molar-refractivity contribution in [3.63, 3.8) is 0 Å². The molecule has 1 aliphatic rings. The number of carbonyl (C=O) groups excluding carboxylic acids is 2. The molecule has 1 aliphatic heterocycles. The number of anilines is 2. The Morgan fingerprint density at radius 2 is 1.85 bits per heavy atom. The molecule has 0 saturated heterocycles. The molecule has 26 heavy (non-hydrogen) atoms. The number of carbonyl (C=O) groups is 2. The number of nitrogens with one attached hydrogen (secondary N) is 3. The van der Waals surface area contributed by atoms with E-state index < -0.39 is 0 Å². The summed E-state index contributed by atoms with van der Waals surface area (Å²) < 4.78 is 14.5. The molecular weight excluding hydrogens is 357 g/mol. The monoisotopic (exact) mass is 377 g/mol. The Morgan fingerprint density at radius 3 is 2.54 bits per heavy atom. The van der Waals surface area contributed by atoms with E-state index in [-0.39, 0.29) is 42.1 Å². The zero-order valence-electron chi connectivity index (χ0n) is 14.4. The second-order valence-corrected chi connectivity index (χ2v) is 6.09. The Morgan fingerprint density at radius 1 is 1.12 bits per heavy atom. The van der Waals surface area contributed by atoms with Crippen molar-refractivity contribution < 1.29 is 14.0 Å². The van der Waals surface area contributed by atoms with Crippen LogP contribution in [0, 0.1) is 5.82 Å². The number of benzene rings is 2. The molecule has 2 aromatic rings. The van der Waals surface area contributed by atoms with Crippen LogP contribution in [0.1, 0.15) is 23.6 Å². The summed E-state index contributed by atoms with van der Waals surface area (Å²) in [5.41, 5.74) is 3.30. The Hall–Kier alpha value is -2.44. The van der Waals surface area contributed by atoms with Crippen LogP contribution in [0.5, 0.6) is 0 Å². The standard InChI is InChI=1S/C19H20FN3O2.ClH/c1-12(24)22-15-5-2-13(3-6-15)10-18(25)23-17-7-4-14-11-21-9-8-16(14)19(17)20;/h2-7,21H,8-11H2,1H3,(H,22,24)(H,23,25);1H. The number of amides is 2. The van der Waals surface area contributed by atoms with Crippen molar-refractivity contribution >= 4 is 35.6 Å². The quantitative estimate of drug-likeness (QED) is 0.767. The van der Waals surface area contributed by atoms with Crippen molar-refractivity contribution in [3.05, 3.63) is 58.9 Å². The first-order valence-corrected chi connectivity index (χ1v) is 8.20. The van der Waals surface area contributed by atoms with Crippen LogP contribution in [-0.4, -0.2) is 18.4 Å². The first-order valence-electron chi connectivity index (χ1n) is 8.20. The van der Waals surface area contributed by atoms with Gasteiger partial charge in [-0.25, -0.2) is 4.39 Å². The largest absolute Gasteiger partial charge is 0.326 e. The van der Waals surface area contributed by atoms with Gasteiger partial charge >= 0.3 is 0 Å². The molecule has 1 heterocycles. The van der Waals surface area contributed by atoms with E-state index in [9.17, 15) is 14.0 Å². The summed E-state index contributed by atoms with van der Waals surface area (Å²) in [6.45, 7) is 2.83. The molecule has 0 bridgehead atoms. The Balaban J connectivity index is 0.00000243. The van der Waals surface area contributed by atoms with E-state index in [1.165, 1.54) is 6.92 Å². The molecule has 0 spiro atoms. The maximum atomic E-state index is 14.5. The molecule has 0 unspecified atom stereocenters.